The van der Waals surface area contributed by atoms with Crippen molar-refractivity contribution in [3.63, 3.8) is 0 Å². The van der Waals surface area contributed by atoms with E-state index < -0.39 is 0 Å². The molecule has 1 aromatic rings. The first-order chi connectivity index (χ1) is 9.19. The van der Waals surface area contributed by atoms with Crippen molar-refractivity contribution >= 4 is 11.7 Å². The summed E-state index contributed by atoms with van der Waals surface area (Å²) >= 11 is 0. The van der Waals surface area contributed by atoms with Crippen LogP contribution in [0.2, 0.25) is 0 Å². The van der Waals surface area contributed by atoms with Gasteiger partial charge in [0.15, 0.2) is 0 Å². The first-order valence-electron chi connectivity index (χ1n) is 6.37. The zero-order valence-corrected chi connectivity index (χ0v) is 11.2. The molecule has 1 aliphatic heterocycles. The van der Waals surface area contributed by atoms with Gasteiger partial charge >= 0.3 is 6.03 Å². The number of pyridine rings is 1. The van der Waals surface area contributed by atoms with Gasteiger partial charge in [0.05, 0.1) is 24.6 Å². The van der Waals surface area contributed by atoms with Crippen LogP contribution in [-0.4, -0.2) is 37.4 Å². The van der Waals surface area contributed by atoms with Crippen LogP contribution in [-0.2, 0) is 4.74 Å². The third kappa shape index (κ3) is 3.82. The number of methoxy groups -OCH3 is 1. The van der Waals surface area contributed by atoms with Crippen LogP contribution in [0.25, 0.3) is 0 Å². The number of hydrogen-bond donors (Lipinski definition) is 2. The number of aryl methyl sites for hydroxylation is 1. The number of nitrogens with one attached hydrogen (secondary N) is 2. The van der Waals surface area contributed by atoms with Crippen molar-refractivity contribution < 1.29 is 14.3 Å². The number of urea groups is 1. The minimum absolute atomic E-state index is 0.140. The van der Waals surface area contributed by atoms with E-state index in [-0.39, 0.29) is 12.1 Å². The molecule has 2 N–H and O–H groups in total. The van der Waals surface area contributed by atoms with Gasteiger partial charge in [-0.3, -0.25) is 0 Å². The highest BCUT2D eigenvalue weighted by Gasteiger charge is 2.16. The van der Waals surface area contributed by atoms with Gasteiger partial charge in [0.2, 0.25) is 5.88 Å². The lowest BCUT2D eigenvalue weighted by Crippen LogP contribution is -2.35. The maximum atomic E-state index is 11.7. The van der Waals surface area contributed by atoms with Crippen LogP contribution < -0.4 is 15.4 Å². The standard InChI is InChI=1S/C13H19N3O3/c1-9-11(5-6-12(15-9)18-2)16-13(17)14-8-10-4-3-7-19-10/h5-6,10H,3-4,7-8H2,1-2H3,(H2,14,16,17). The molecule has 0 spiro atoms. The molecule has 0 saturated carbocycles. The van der Waals surface area contributed by atoms with E-state index in [2.05, 4.69) is 15.6 Å². The maximum absolute atomic E-state index is 11.7. The van der Waals surface area contributed by atoms with Gasteiger partial charge in [0, 0.05) is 19.2 Å². The van der Waals surface area contributed by atoms with Gasteiger partial charge in [0.25, 0.3) is 0 Å². The summed E-state index contributed by atoms with van der Waals surface area (Å²) in [5, 5.41) is 5.56. The summed E-state index contributed by atoms with van der Waals surface area (Å²) < 4.78 is 10.5. The Morgan fingerprint density at radius 1 is 1.58 bits per heavy atom. The van der Waals surface area contributed by atoms with Gasteiger partial charge in [0.1, 0.15) is 0 Å². The minimum atomic E-state index is -0.245. The topological polar surface area (TPSA) is 72.5 Å². The van der Waals surface area contributed by atoms with E-state index in [4.69, 9.17) is 9.47 Å². The van der Waals surface area contributed by atoms with Crippen LogP contribution in [0.1, 0.15) is 18.5 Å². The molecule has 0 radical (unpaired) electrons. The molecule has 1 aliphatic rings. The predicted molar refractivity (Wildman–Crippen MR) is 71.5 cm³/mol. The van der Waals surface area contributed by atoms with Gasteiger partial charge in [-0.25, -0.2) is 9.78 Å². The van der Waals surface area contributed by atoms with E-state index in [1.807, 2.05) is 6.92 Å². The average Bonchev–Trinajstić information content (AvgIpc) is 2.92. The van der Waals surface area contributed by atoms with Crippen molar-refractivity contribution in [2.45, 2.75) is 25.9 Å². The van der Waals surface area contributed by atoms with Crippen molar-refractivity contribution in [1.82, 2.24) is 10.3 Å². The molecule has 1 fully saturated rings. The number of carbonyl (C=O) groups excluding carboxylic acids is 1. The third-order valence-electron chi connectivity index (χ3n) is 3.03. The zero-order valence-electron chi connectivity index (χ0n) is 11.2. The fourth-order valence-corrected chi connectivity index (χ4v) is 1.96. The second-order valence-electron chi connectivity index (χ2n) is 4.46. The average molecular weight is 265 g/mol. The molecule has 2 amide bonds. The quantitative estimate of drug-likeness (QED) is 0.869. The van der Waals surface area contributed by atoms with Gasteiger partial charge in [-0.1, -0.05) is 0 Å². The molecule has 19 heavy (non-hydrogen) atoms. The first-order valence-corrected chi connectivity index (χ1v) is 6.37. The molecule has 1 atom stereocenters. The molecule has 1 unspecified atom stereocenters. The number of aromatic nitrogens is 1. The van der Waals surface area contributed by atoms with E-state index in [1.54, 1.807) is 19.2 Å². The van der Waals surface area contributed by atoms with E-state index in [0.717, 1.165) is 19.4 Å². The van der Waals surface area contributed by atoms with Crippen molar-refractivity contribution in [2.24, 2.45) is 0 Å². The summed E-state index contributed by atoms with van der Waals surface area (Å²) in [5.41, 5.74) is 1.39. The van der Waals surface area contributed by atoms with Gasteiger partial charge in [-0.2, -0.15) is 0 Å². The fourth-order valence-electron chi connectivity index (χ4n) is 1.96. The monoisotopic (exact) mass is 265 g/mol. The number of amides is 2. The molecule has 6 heteroatoms. The first kappa shape index (κ1) is 13.6. The lowest BCUT2D eigenvalue weighted by molar-refractivity contribution is 0.112. The number of ether oxygens (including phenoxy) is 2. The highest BCUT2D eigenvalue weighted by atomic mass is 16.5. The Morgan fingerprint density at radius 3 is 3.05 bits per heavy atom. The lowest BCUT2D eigenvalue weighted by Gasteiger charge is -2.13. The summed E-state index contributed by atoms with van der Waals surface area (Å²) in [6, 6.07) is 3.24. The van der Waals surface area contributed by atoms with Crippen LogP contribution >= 0.6 is 0 Å². The van der Waals surface area contributed by atoms with Gasteiger partial charge in [-0.05, 0) is 25.8 Å². The van der Waals surface area contributed by atoms with Crippen molar-refractivity contribution in [3.05, 3.63) is 17.8 Å². The molecule has 1 saturated heterocycles. The van der Waals surface area contributed by atoms with Gasteiger partial charge < -0.3 is 20.1 Å². The number of nitrogens with zero attached hydrogens (tertiary/aromatic N) is 1. The summed E-state index contributed by atoms with van der Waals surface area (Å²) in [6.45, 7) is 3.14. The minimum Gasteiger partial charge on any atom is -0.481 e. The number of rotatable bonds is 4. The van der Waals surface area contributed by atoms with Crippen LogP contribution in [0.3, 0.4) is 0 Å². The number of hydrogen-bond acceptors (Lipinski definition) is 4. The second kappa shape index (κ2) is 6.38. The van der Waals surface area contributed by atoms with Crippen LogP contribution in [0.4, 0.5) is 10.5 Å². The molecule has 0 aliphatic carbocycles. The highest BCUT2D eigenvalue weighted by Crippen LogP contribution is 2.16. The smallest absolute Gasteiger partial charge is 0.319 e. The van der Waals surface area contributed by atoms with E-state index in [1.165, 1.54) is 0 Å². The van der Waals surface area contributed by atoms with Crippen molar-refractivity contribution in [3.8, 4) is 5.88 Å². The summed E-state index contributed by atoms with van der Waals surface area (Å²) in [5.74, 6) is 0.530. The Labute approximate surface area is 112 Å². The molecule has 0 aromatic carbocycles. The van der Waals surface area contributed by atoms with E-state index in [9.17, 15) is 4.79 Å². The Kier molecular flexibility index (Phi) is 4.57. The summed E-state index contributed by atoms with van der Waals surface area (Å²) in [6.07, 6.45) is 2.21. The Hall–Kier alpha value is -1.82. The highest BCUT2D eigenvalue weighted by molar-refractivity contribution is 5.89. The maximum Gasteiger partial charge on any atom is 0.319 e. The summed E-state index contributed by atoms with van der Waals surface area (Å²) in [4.78, 5) is 15.9. The zero-order chi connectivity index (χ0) is 13.7. The Balaban J connectivity index is 1.84. The fraction of sp³-hybridized carbons (Fsp3) is 0.538. The van der Waals surface area contributed by atoms with Crippen molar-refractivity contribution in [2.75, 3.05) is 25.6 Å². The largest absolute Gasteiger partial charge is 0.481 e. The summed E-state index contributed by atoms with van der Waals surface area (Å²) in [7, 11) is 1.56. The van der Waals surface area contributed by atoms with E-state index >= 15 is 0 Å². The van der Waals surface area contributed by atoms with Crippen LogP contribution in [0, 0.1) is 6.92 Å². The van der Waals surface area contributed by atoms with Gasteiger partial charge in [-0.15, -0.1) is 0 Å². The molecule has 0 bridgehead atoms. The molecule has 1 aromatic heterocycles. The Bertz CT molecular complexity index is 445. The predicted octanol–water partition coefficient (Wildman–Crippen LogP) is 1.70. The molecular weight excluding hydrogens is 246 g/mol. The van der Waals surface area contributed by atoms with Crippen LogP contribution in [0.5, 0.6) is 5.88 Å². The Morgan fingerprint density at radius 2 is 2.42 bits per heavy atom. The molecular formula is C13H19N3O3. The molecule has 2 rings (SSSR count). The van der Waals surface area contributed by atoms with E-state index in [0.29, 0.717) is 23.8 Å². The van der Waals surface area contributed by atoms with Crippen LogP contribution in [0.15, 0.2) is 12.1 Å². The SMILES string of the molecule is COc1ccc(NC(=O)NCC2CCCO2)c(C)n1. The number of anilines is 1. The molecule has 104 valence electrons. The second-order valence-corrected chi connectivity index (χ2v) is 4.46. The van der Waals surface area contributed by atoms with Crippen molar-refractivity contribution in [1.29, 1.82) is 0 Å². The third-order valence-corrected chi connectivity index (χ3v) is 3.03. The lowest BCUT2D eigenvalue weighted by atomic mass is 10.2. The normalized spacial score (nSPS) is 18.1. The number of carbonyl (C=O) groups is 1. The molecule has 2 heterocycles. The molecule has 6 nitrogen and oxygen atoms in total.